The van der Waals surface area contributed by atoms with Gasteiger partial charge in [0.25, 0.3) is 0 Å². The Hall–Kier alpha value is -2.10. The fourth-order valence-corrected chi connectivity index (χ4v) is 3.84. The molecule has 4 heteroatoms. The number of carbonyl (C=O) groups excluding carboxylic acids is 1. The molecule has 1 rings (SSSR count). The zero-order valence-electron chi connectivity index (χ0n) is 20.2. The van der Waals surface area contributed by atoms with E-state index < -0.39 is 12.0 Å². The summed E-state index contributed by atoms with van der Waals surface area (Å²) in [6, 6.07) is 8.96. The van der Waals surface area contributed by atoms with E-state index in [2.05, 4.69) is 24.4 Å². The Morgan fingerprint density at radius 3 is 2.00 bits per heavy atom. The van der Waals surface area contributed by atoms with Crippen LogP contribution in [0.1, 0.15) is 109 Å². The van der Waals surface area contributed by atoms with Crippen molar-refractivity contribution in [3.63, 3.8) is 0 Å². The topological polar surface area (TPSA) is 66.4 Å². The highest BCUT2D eigenvalue weighted by Crippen LogP contribution is 2.11. The Kier molecular flexibility index (Phi) is 17.1. The van der Waals surface area contributed by atoms with Crippen LogP contribution in [0.15, 0.2) is 42.5 Å². The molecular weight excluding hydrogens is 398 g/mol. The number of benzene rings is 1. The molecule has 2 N–H and O–H groups in total. The van der Waals surface area contributed by atoms with Crippen molar-refractivity contribution in [1.29, 1.82) is 0 Å². The molecule has 0 aliphatic heterocycles. The molecule has 0 unspecified atom stereocenters. The molecule has 0 fully saturated rings. The molecule has 1 atom stereocenters. The third kappa shape index (κ3) is 15.7. The highest BCUT2D eigenvalue weighted by molar-refractivity contribution is 5.83. The quantitative estimate of drug-likeness (QED) is 0.165. The summed E-state index contributed by atoms with van der Waals surface area (Å²) in [4.78, 5) is 23.6. The molecule has 1 aromatic carbocycles. The summed E-state index contributed by atoms with van der Waals surface area (Å²) in [5, 5.41) is 12.1. The van der Waals surface area contributed by atoms with Gasteiger partial charge >= 0.3 is 5.97 Å². The molecule has 0 heterocycles. The van der Waals surface area contributed by atoms with Crippen LogP contribution in [-0.4, -0.2) is 23.0 Å². The lowest BCUT2D eigenvalue weighted by molar-refractivity contribution is -0.142. The van der Waals surface area contributed by atoms with Gasteiger partial charge in [0.2, 0.25) is 5.91 Å². The van der Waals surface area contributed by atoms with Gasteiger partial charge < -0.3 is 10.4 Å². The maximum Gasteiger partial charge on any atom is 0.326 e. The van der Waals surface area contributed by atoms with Gasteiger partial charge in [0.15, 0.2) is 0 Å². The standard InChI is InChI=1S/C28H45NO3/c1-2-3-4-5-6-7-8-9-10-11-12-13-14-15-19-22-27(30)29-26(28(31)32)24-23-25-20-17-16-18-21-25/h9-10,16-18,20-21,26H,2-8,11-15,19,22-24H2,1H3,(H,29,30)(H,31,32)/b10-9-/t26-/m0/s1. The maximum absolute atomic E-state index is 12.1. The highest BCUT2D eigenvalue weighted by Gasteiger charge is 2.19. The molecule has 1 amide bonds. The van der Waals surface area contributed by atoms with Crippen molar-refractivity contribution in [2.75, 3.05) is 0 Å². The molecule has 0 aliphatic carbocycles. The number of nitrogens with one attached hydrogen (secondary N) is 1. The minimum absolute atomic E-state index is 0.150. The second-order valence-corrected chi connectivity index (χ2v) is 8.82. The van der Waals surface area contributed by atoms with Crippen LogP contribution in [0.3, 0.4) is 0 Å². The molecule has 0 saturated heterocycles. The molecule has 0 saturated carbocycles. The van der Waals surface area contributed by atoms with Crippen molar-refractivity contribution >= 4 is 11.9 Å². The largest absolute Gasteiger partial charge is 0.480 e. The minimum Gasteiger partial charge on any atom is -0.480 e. The van der Waals surface area contributed by atoms with Crippen molar-refractivity contribution in [1.82, 2.24) is 5.32 Å². The van der Waals surface area contributed by atoms with Crippen LogP contribution < -0.4 is 5.32 Å². The lowest BCUT2D eigenvalue weighted by atomic mass is 10.0. The zero-order chi connectivity index (χ0) is 23.3. The van der Waals surface area contributed by atoms with Crippen molar-refractivity contribution in [2.24, 2.45) is 0 Å². The van der Waals surface area contributed by atoms with Gasteiger partial charge in [-0.2, -0.15) is 0 Å². The monoisotopic (exact) mass is 443 g/mol. The minimum atomic E-state index is -0.959. The molecule has 32 heavy (non-hydrogen) atoms. The van der Waals surface area contributed by atoms with Crippen molar-refractivity contribution < 1.29 is 14.7 Å². The average molecular weight is 444 g/mol. The summed E-state index contributed by atoms with van der Waals surface area (Å²) >= 11 is 0. The van der Waals surface area contributed by atoms with Gasteiger partial charge in [0.05, 0.1) is 0 Å². The van der Waals surface area contributed by atoms with E-state index in [0.29, 0.717) is 19.3 Å². The van der Waals surface area contributed by atoms with Gasteiger partial charge in [0, 0.05) is 6.42 Å². The van der Waals surface area contributed by atoms with E-state index in [4.69, 9.17) is 0 Å². The van der Waals surface area contributed by atoms with Gasteiger partial charge in [0.1, 0.15) is 6.04 Å². The molecule has 1 aromatic rings. The SMILES string of the molecule is CCCCCCCC/C=C\CCCCCCCC(=O)N[C@@H](CCc1ccccc1)C(=O)O. The first-order chi connectivity index (χ1) is 15.6. The van der Waals surface area contributed by atoms with E-state index in [1.165, 1.54) is 57.8 Å². The number of rotatable bonds is 20. The third-order valence-corrected chi connectivity index (χ3v) is 5.86. The number of unbranched alkanes of at least 4 members (excludes halogenated alkanes) is 11. The number of aliphatic carboxylic acids is 1. The van der Waals surface area contributed by atoms with E-state index in [9.17, 15) is 14.7 Å². The molecule has 0 aromatic heterocycles. The smallest absolute Gasteiger partial charge is 0.326 e. The predicted molar refractivity (Wildman–Crippen MR) is 134 cm³/mol. The predicted octanol–water partition coefficient (Wildman–Crippen LogP) is 7.23. The third-order valence-electron chi connectivity index (χ3n) is 5.86. The van der Waals surface area contributed by atoms with Crippen LogP contribution in [0, 0.1) is 0 Å². The first-order valence-electron chi connectivity index (χ1n) is 12.8. The molecule has 0 aliphatic rings. The molecular formula is C28H45NO3. The van der Waals surface area contributed by atoms with Crippen LogP contribution >= 0.6 is 0 Å². The summed E-state index contributed by atoms with van der Waals surface area (Å²) < 4.78 is 0. The van der Waals surface area contributed by atoms with E-state index in [1.807, 2.05) is 30.3 Å². The Labute approximate surface area is 195 Å². The van der Waals surface area contributed by atoms with Crippen LogP contribution in [-0.2, 0) is 16.0 Å². The van der Waals surface area contributed by atoms with Crippen molar-refractivity contribution in [3.05, 3.63) is 48.0 Å². The Bertz CT molecular complexity index is 627. The molecule has 4 nitrogen and oxygen atoms in total. The number of hydrogen-bond donors (Lipinski definition) is 2. The van der Waals surface area contributed by atoms with Gasteiger partial charge in [-0.25, -0.2) is 4.79 Å². The van der Waals surface area contributed by atoms with Crippen molar-refractivity contribution in [3.8, 4) is 0 Å². The second-order valence-electron chi connectivity index (χ2n) is 8.82. The van der Waals surface area contributed by atoms with E-state index >= 15 is 0 Å². The summed E-state index contributed by atoms with van der Waals surface area (Å²) in [5.74, 6) is -1.11. The average Bonchev–Trinajstić information content (AvgIpc) is 2.79. The fraction of sp³-hybridized carbons (Fsp3) is 0.643. The molecule has 0 radical (unpaired) electrons. The normalized spacial score (nSPS) is 12.2. The number of hydrogen-bond acceptors (Lipinski definition) is 2. The lowest BCUT2D eigenvalue weighted by Gasteiger charge is -2.14. The van der Waals surface area contributed by atoms with Gasteiger partial charge in [-0.1, -0.05) is 101 Å². The molecule has 180 valence electrons. The van der Waals surface area contributed by atoms with Crippen molar-refractivity contribution in [2.45, 2.75) is 116 Å². The second kappa shape index (κ2) is 19.6. The highest BCUT2D eigenvalue weighted by atomic mass is 16.4. The zero-order valence-corrected chi connectivity index (χ0v) is 20.2. The summed E-state index contributed by atoms with van der Waals surface area (Å²) in [5.41, 5.74) is 1.09. The first kappa shape index (κ1) is 27.9. The Morgan fingerprint density at radius 1 is 0.844 bits per heavy atom. The van der Waals surface area contributed by atoms with Crippen LogP contribution in [0.25, 0.3) is 0 Å². The number of aryl methyl sites for hydroxylation is 1. The van der Waals surface area contributed by atoms with Gasteiger partial charge in [-0.05, 0) is 50.5 Å². The lowest BCUT2D eigenvalue weighted by Crippen LogP contribution is -2.41. The summed E-state index contributed by atoms with van der Waals surface area (Å²) in [6.45, 7) is 2.26. The fourth-order valence-electron chi connectivity index (χ4n) is 3.84. The van der Waals surface area contributed by atoms with Crippen LogP contribution in [0.4, 0.5) is 0 Å². The number of carbonyl (C=O) groups is 2. The Morgan fingerprint density at radius 2 is 1.41 bits per heavy atom. The van der Waals surface area contributed by atoms with E-state index in [-0.39, 0.29) is 5.91 Å². The number of allylic oxidation sites excluding steroid dienone is 2. The first-order valence-corrected chi connectivity index (χ1v) is 12.8. The number of carboxylic acid groups (broad SMARTS) is 1. The van der Waals surface area contributed by atoms with E-state index in [0.717, 1.165) is 31.2 Å². The van der Waals surface area contributed by atoms with Crippen LogP contribution in [0.5, 0.6) is 0 Å². The van der Waals surface area contributed by atoms with Gasteiger partial charge in [-0.15, -0.1) is 0 Å². The van der Waals surface area contributed by atoms with Crippen LogP contribution in [0.2, 0.25) is 0 Å². The number of amides is 1. The maximum atomic E-state index is 12.1. The number of carboxylic acids is 1. The Balaban J connectivity index is 1.99. The molecule has 0 spiro atoms. The molecule has 0 bridgehead atoms. The van der Waals surface area contributed by atoms with Gasteiger partial charge in [-0.3, -0.25) is 4.79 Å². The van der Waals surface area contributed by atoms with E-state index in [1.54, 1.807) is 0 Å². The summed E-state index contributed by atoms with van der Waals surface area (Å²) in [6.07, 6.45) is 22.0. The summed E-state index contributed by atoms with van der Waals surface area (Å²) in [7, 11) is 0.